The van der Waals surface area contributed by atoms with E-state index >= 15 is 0 Å². The highest BCUT2D eigenvalue weighted by molar-refractivity contribution is 7.13. The Bertz CT molecular complexity index is 971. The van der Waals surface area contributed by atoms with Crippen molar-refractivity contribution in [2.75, 3.05) is 39.3 Å². The lowest BCUT2D eigenvalue weighted by molar-refractivity contribution is -0.133. The Morgan fingerprint density at radius 1 is 1.16 bits per heavy atom. The Morgan fingerprint density at radius 3 is 2.77 bits per heavy atom. The number of ether oxygens (including phenoxy) is 1. The molecule has 31 heavy (non-hydrogen) atoms. The molecular weight excluding hydrogens is 436 g/mol. The van der Waals surface area contributed by atoms with Crippen LogP contribution in [0.5, 0.6) is 5.75 Å². The minimum atomic E-state index is 0.185. The number of thiophene rings is 1. The van der Waals surface area contributed by atoms with Gasteiger partial charge in [0.1, 0.15) is 12.4 Å². The number of benzene rings is 1. The van der Waals surface area contributed by atoms with E-state index in [0.717, 1.165) is 37.6 Å². The summed E-state index contributed by atoms with van der Waals surface area (Å²) in [6.07, 6.45) is 1.81. The number of nitrogens with zero attached hydrogens (tertiary/aromatic N) is 4. The number of carbonyl (C=O) groups is 1. The number of carbonyl (C=O) groups excluding carboxylic acids is 1. The zero-order chi connectivity index (χ0) is 21.5. The number of aromatic nitrogens is 2. The van der Waals surface area contributed by atoms with Crippen LogP contribution in [0.15, 0.2) is 46.3 Å². The van der Waals surface area contributed by atoms with Crippen molar-refractivity contribution < 1.29 is 14.1 Å². The largest absolute Gasteiger partial charge is 0.491 e. The second kappa shape index (κ2) is 10.7. The topological polar surface area (TPSA) is 71.7 Å². The van der Waals surface area contributed by atoms with E-state index in [0.29, 0.717) is 48.4 Å². The van der Waals surface area contributed by atoms with E-state index in [9.17, 15) is 4.79 Å². The van der Waals surface area contributed by atoms with Crippen LogP contribution in [0.1, 0.15) is 18.7 Å². The van der Waals surface area contributed by atoms with E-state index in [-0.39, 0.29) is 5.91 Å². The minimum absolute atomic E-state index is 0.185. The quantitative estimate of drug-likeness (QED) is 0.480. The summed E-state index contributed by atoms with van der Waals surface area (Å²) in [6.45, 7) is 4.59. The Balaban J connectivity index is 1.12. The van der Waals surface area contributed by atoms with Crippen molar-refractivity contribution in [2.24, 2.45) is 0 Å². The van der Waals surface area contributed by atoms with E-state index in [1.165, 1.54) is 0 Å². The highest BCUT2D eigenvalue weighted by atomic mass is 35.5. The predicted molar refractivity (Wildman–Crippen MR) is 121 cm³/mol. The van der Waals surface area contributed by atoms with Gasteiger partial charge in [0.25, 0.3) is 0 Å². The van der Waals surface area contributed by atoms with Crippen LogP contribution >= 0.6 is 22.9 Å². The molecule has 9 heteroatoms. The van der Waals surface area contributed by atoms with Crippen molar-refractivity contribution in [2.45, 2.75) is 19.3 Å². The van der Waals surface area contributed by atoms with Crippen LogP contribution in [0.25, 0.3) is 10.7 Å². The molecule has 0 spiro atoms. The van der Waals surface area contributed by atoms with Crippen molar-refractivity contribution >= 4 is 28.8 Å². The molecule has 3 heterocycles. The van der Waals surface area contributed by atoms with E-state index in [4.69, 9.17) is 20.9 Å². The number of para-hydroxylation sites is 1. The number of hydrogen-bond acceptors (Lipinski definition) is 7. The first-order valence-electron chi connectivity index (χ1n) is 10.4. The lowest BCUT2D eigenvalue weighted by atomic mass is 10.2. The SMILES string of the molecule is O=C(CCCc1nc(-c2cccs2)no1)N1CCN(CCOc2ccccc2Cl)CC1. The van der Waals surface area contributed by atoms with Gasteiger partial charge < -0.3 is 14.2 Å². The zero-order valence-corrected chi connectivity index (χ0v) is 18.8. The monoisotopic (exact) mass is 460 g/mol. The number of halogens is 1. The van der Waals surface area contributed by atoms with Crippen molar-refractivity contribution in [1.29, 1.82) is 0 Å². The molecule has 0 aliphatic carbocycles. The third-order valence-electron chi connectivity index (χ3n) is 5.22. The van der Waals surface area contributed by atoms with Gasteiger partial charge in [0.05, 0.1) is 9.90 Å². The Kier molecular flexibility index (Phi) is 7.56. The maximum absolute atomic E-state index is 12.5. The summed E-state index contributed by atoms with van der Waals surface area (Å²) in [6, 6.07) is 11.4. The molecule has 0 unspecified atom stereocenters. The fraction of sp³-hybridized carbons (Fsp3) is 0.409. The number of aryl methyl sites for hydroxylation is 1. The lowest BCUT2D eigenvalue weighted by Gasteiger charge is -2.34. The average Bonchev–Trinajstić information content (AvgIpc) is 3.47. The number of hydrogen-bond donors (Lipinski definition) is 0. The summed E-state index contributed by atoms with van der Waals surface area (Å²) in [5, 5.41) is 6.62. The molecule has 1 saturated heterocycles. The second-order valence-electron chi connectivity index (χ2n) is 7.34. The lowest BCUT2D eigenvalue weighted by Crippen LogP contribution is -2.49. The fourth-order valence-electron chi connectivity index (χ4n) is 3.48. The maximum Gasteiger partial charge on any atom is 0.226 e. The van der Waals surface area contributed by atoms with Gasteiger partial charge in [0, 0.05) is 45.6 Å². The number of piperazine rings is 1. The third-order valence-corrected chi connectivity index (χ3v) is 6.40. The standard InChI is InChI=1S/C22H25ClN4O3S/c23-17-5-1-2-6-18(17)29-15-14-26-10-12-27(13-11-26)21(28)9-3-8-20-24-22(25-30-20)19-7-4-16-31-19/h1-2,4-7,16H,3,8-15H2. The molecule has 0 atom stereocenters. The van der Waals surface area contributed by atoms with Crippen LogP contribution < -0.4 is 4.74 Å². The van der Waals surface area contributed by atoms with Gasteiger partial charge in [-0.3, -0.25) is 9.69 Å². The summed E-state index contributed by atoms with van der Waals surface area (Å²) < 4.78 is 11.1. The Hall–Kier alpha value is -2.42. The molecule has 0 radical (unpaired) electrons. The van der Waals surface area contributed by atoms with Gasteiger partial charge in [-0.1, -0.05) is 35.0 Å². The van der Waals surface area contributed by atoms with Gasteiger partial charge in [-0.25, -0.2) is 0 Å². The predicted octanol–water partition coefficient (Wildman–Crippen LogP) is 4.00. The van der Waals surface area contributed by atoms with Gasteiger partial charge in [0.15, 0.2) is 0 Å². The molecule has 7 nitrogen and oxygen atoms in total. The molecule has 0 N–H and O–H groups in total. The Labute approximate surface area is 190 Å². The zero-order valence-electron chi connectivity index (χ0n) is 17.2. The molecule has 1 amide bonds. The highest BCUT2D eigenvalue weighted by Crippen LogP contribution is 2.23. The van der Waals surface area contributed by atoms with Gasteiger partial charge in [-0.2, -0.15) is 4.98 Å². The molecule has 3 aromatic rings. The first-order chi connectivity index (χ1) is 15.2. The van der Waals surface area contributed by atoms with Gasteiger partial charge in [-0.15, -0.1) is 11.3 Å². The first kappa shape index (κ1) is 21.8. The summed E-state index contributed by atoms with van der Waals surface area (Å²) in [7, 11) is 0. The highest BCUT2D eigenvalue weighted by Gasteiger charge is 2.21. The minimum Gasteiger partial charge on any atom is -0.491 e. The number of amides is 1. The summed E-state index contributed by atoms with van der Waals surface area (Å²) in [5.41, 5.74) is 0. The molecule has 1 aromatic carbocycles. The van der Waals surface area contributed by atoms with E-state index < -0.39 is 0 Å². The van der Waals surface area contributed by atoms with Gasteiger partial charge >= 0.3 is 0 Å². The molecule has 4 rings (SSSR count). The van der Waals surface area contributed by atoms with Crippen LogP contribution in [0.2, 0.25) is 5.02 Å². The fourth-order valence-corrected chi connectivity index (χ4v) is 4.32. The normalized spacial score (nSPS) is 14.7. The van der Waals surface area contributed by atoms with Crippen LogP contribution in [0.4, 0.5) is 0 Å². The summed E-state index contributed by atoms with van der Waals surface area (Å²) in [4.78, 5) is 22.2. The van der Waals surface area contributed by atoms with Crippen LogP contribution in [-0.4, -0.2) is 65.2 Å². The van der Waals surface area contributed by atoms with Crippen molar-refractivity contribution in [1.82, 2.24) is 19.9 Å². The van der Waals surface area contributed by atoms with E-state index in [1.54, 1.807) is 11.3 Å². The number of rotatable bonds is 9. The van der Waals surface area contributed by atoms with Gasteiger partial charge in [0.2, 0.25) is 17.6 Å². The van der Waals surface area contributed by atoms with Crippen LogP contribution in [0.3, 0.4) is 0 Å². The molecule has 1 fully saturated rings. The summed E-state index contributed by atoms with van der Waals surface area (Å²) in [5.74, 6) is 2.09. The Morgan fingerprint density at radius 2 is 2.00 bits per heavy atom. The smallest absolute Gasteiger partial charge is 0.226 e. The van der Waals surface area contributed by atoms with Crippen molar-refractivity contribution in [3.8, 4) is 16.5 Å². The van der Waals surface area contributed by atoms with Crippen LogP contribution in [-0.2, 0) is 11.2 Å². The van der Waals surface area contributed by atoms with Gasteiger partial charge in [-0.05, 0) is 30.0 Å². The maximum atomic E-state index is 12.5. The van der Waals surface area contributed by atoms with Crippen molar-refractivity contribution in [3.05, 3.63) is 52.7 Å². The molecule has 1 aliphatic rings. The van der Waals surface area contributed by atoms with E-state index in [1.807, 2.05) is 46.7 Å². The first-order valence-corrected chi connectivity index (χ1v) is 11.7. The molecule has 1 aliphatic heterocycles. The average molecular weight is 461 g/mol. The molecule has 0 saturated carbocycles. The van der Waals surface area contributed by atoms with Crippen molar-refractivity contribution in [3.63, 3.8) is 0 Å². The molecular formula is C22H25ClN4O3S. The molecule has 0 bridgehead atoms. The van der Waals surface area contributed by atoms with Crippen LogP contribution in [0, 0.1) is 0 Å². The molecule has 2 aromatic heterocycles. The summed E-state index contributed by atoms with van der Waals surface area (Å²) >= 11 is 7.69. The van der Waals surface area contributed by atoms with E-state index in [2.05, 4.69) is 15.0 Å². The third kappa shape index (κ3) is 6.06. The second-order valence-corrected chi connectivity index (χ2v) is 8.70. The molecule has 164 valence electrons.